The van der Waals surface area contributed by atoms with E-state index < -0.39 is 6.36 Å². The molecule has 164 valence electrons. The number of alkyl halides is 3. The second-order valence-electron chi connectivity index (χ2n) is 6.75. The lowest BCUT2D eigenvalue weighted by atomic mass is 10.1. The van der Waals surface area contributed by atoms with E-state index in [2.05, 4.69) is 25.3 Å². The third-order valence-corrected chi connectivity index (χ3v) is 5.01. The smallest absolute Gasteiger partial charge is 0.406 e. The van der Waals surface area contributed by atoms with E-state index in [0.29, 0.717) is 38.8 Å². The molecule has 0 saturated carbocycles. The standard InChI is InChI=1S/C21H19Cl2F3N4O/c1-3-12(2)27-20-29-18(13-5-4-6-15(9-13)31-21(24,25)26)11-19(30-20)28-14-7-8-16(22)17(23)10-14/h4-12H,3H2,1-2H3,(H2,27,28,29,30)/t12-/m1/s1. The summed E-state index contributed by atoms with van der Waals surface area (Å²) >= 11 is 12.0. The van der Waals surface area contributed by atoms with Crippen molar-refractivity contribution in [2.24, 2.45) is 0 Å². The minimum absolute atomic E-state index is 0.0907. The Labute approximate surface area is 187 Å². The van der Waals surface area contributed by atoms with Gasteiger partial charge in [0.15, 0.2) is 0 Å². The molecule has 0 aliphatic heterocycles. The fourth-order valence-corrected chi connectivity index (χ4v) is 2.92. The number of anilines is 3. The maximum atomic E-state index is 12.6. The third-order valence-electron chi connectivity index (χ3n) is 4.27. The minimum atomic E-state index is -4.78. The topological polar surface area (TPSA) is 59.1 Å². The first-order valence-corrected chi connectivity index (χ1v) is 10.1. The first-order valence-electron chi connectivity index (χ1n) is 9.37. The highest BCUT2D eigenvalue weighted by atomic mass is 35.5. The van der Waals surface area contributed by atoms with Gasteiger partial charge in [0.25, 0.3) is 0 Å². The molecule has 0 saturated heterocycles. The van der Waals surface area contributed by atoms with Crippen LogP contribution in [0, 0.1) is 0 Å². The zero-order valence-corrected chi connectivity index (χ0v) is 18.1. The largest absolute Gasteiger partial charge is 0.573 e. The summed E-state index contributed by atoms with van der Waals surface area (Å²) in [6.45, 7) is 3.98. The van der Waals surface area contributed by atoms with Crippen molar-refractivity contribution in [2.45, 2.75) is 32.7 Å². The molecule has 5 nitrogen and oxygen atoms in total. The molecule has 2 aromatic carbocycles. The van der Waals surface area contributed by atoms with Gasteiger partial charge in [-0.3, -0.25) is 0 Å². The number of nitrogens with zero attached hydrogens (tertiary/aromatic N) is 2. The summed E-state index contributed by atoms with van der Waals surface area (Å²) in [4.78, 5) is 8.91. The lowest BCUT2D eigenvalue weighted by Crippen LogP contribution is -2.17. The van der Waals surface area contributed by atoms with E-state index in [1.807, 2.05) is 13.8 Å². The van der Waals surface area contributed by atoms with Crippen LogP contribution in [0.25, 0.3) is 11.3 Å². The molecule has 0 aliphatic rings. The Morgan fingerprint density at radius 3 is 2.48 bits per heavy atom. The highest BCUT2D eigenvalue weighted by Gasteiger charge is 2.31. The normalized spacial score (nSPS) is 12.4. The van der Waals surface area contributed by atoms with E-state index in [-0.39, 0.29) is 11.8 Å². The molecule has 3 rings (SSSR count). The van der Waals surface area contributed by atoms with E-state index >= 15 is 0 Å². The maximum Gasteiger partial charge on any atom is 0.573 e. The lowest BCUT2D eigenvalue weighted by molar-refractivity contribution is -0.274. The van der Waals surface area contributed by atoms with Crippen molar-refractivity contribution in [2.75, 3.05) is 10.6 Å². The first-order chi connectivity index (χ1) is 14.6. The van der Waals surface area contributed by atoms with E-state index in [1.54, 1.807) is 30.3 Å². The second kappa shape index (κ2) is 9.62. The summed E-state index contributed by atoms with van der Waals surface area (Å²) < 4.78 is 41.8. The molecule has 3 aromatic rings. The molecule has 1 heterocycles. The van der Waals surface area contributed by atoms with Crippen LogP contribution in [-0.2, 0) is 0 Å². The van der Waals surface area contributed by atoms with Crippen LogP contribution >= 0.6 is 23.2 Å². The van der Waals surface area contributed by atoms with Gasteiger partial charge in [0.2, 0.25) is 5.95 Å². The van der Waals surface area contributed by atoms with Crippen molar-refractivity contribution in [1.29, 1.82) is 0 Å². The van der Waals surface area contributed by atoms with Crippen LogP contribution in [0.4, 0.5) is 30.6 Å². The summed E-state index contributed by atoms with van der Waals surface area (Å²) in [7, 11) is 0. The Kier molecular flexibility index (Phi) is 7.12. The van der Waals surface area contributed by atoms with Gasteiger partial charge in [0.05, 0.1) is 15.7 Å². The van der Waals surface area contributed by atoms with Crippen LogP contribution in [0.3, 0.4) is 0 Å². The van der Waals surface area contributed by atoms with Gasteiger partial charge in [-0.2, -0.15) is 4.98 Å². The van der Waals surface area contributed by atoms with Crippen LogP contribution in [0.5, 0.6) is 5.75 Å². The molecule has 0 radical (unpaired) electrons. The van der Waals surface area contributed by atoms with Gasteiger partial charge >= 0.3 is 6.36 Å². The maximum absolute atomic E-state index is 12.6. The van der Waals surface area contributed by atoms with Crippen LogP contribution in [0.15, 0.2) is 48.5 Å². The number of benzene rings is 2. The van der Waals surface area contributed by atoms with Crippen LogP contribution < -0.4 is 15.4 Å². The Hall–Kier alpha value is -2.71. The Morgan fingerprint density at radius 2 is 1.81 bits per heavy atom. The number of hydrogen-bond donors (Lipinski definition) is 2. The monoisotopic (exact) mass is 470 g/mol. The highest BCUT2D eigenvalue weighted by molar-refractivity contribution is 6.42. The lowest BCUT2D eigenvalue weighted by Gasteiger charge is -2.15. The fraction of sp³-hybridized carbons (Fsp3) is 0.238. The third kappa shape index (κ3) is 6.63. The molecule has 0 amide bonds. The Balaban J connectivity index is 1.99. The van der Waals surface area contributed by atoms with E-state index in [9.17, 15) is 13.2 Å². The molecule has 2 N–H and O–H groups in total. The first kappa shape index (κ1) is 23.0. The van der Waals surface area contributed by atoms with Gasteiger partial charge < -0.3 is 15.4 Å². The summed E-state index contributed by atoms with van der Waals surface area (Å²) in [5.41, 5.74) is 1.49. The van der Waals surface area contributed by atoms with Crippen molar-refractivity contribution in [3.05, 3.63) is 58.6 Å². The minimum Gasteiger partial charge on any atom is -0.406 e. The van der Waals surface area contributed by atoms with Crippen molar-refractivity contribution in [3.8, 4) is 17.0 Å². The van der Waals surface area contributed by atoms with Gasteiger partial charge in [-0.05, 0) is 43.7 Å². The number of aromatic nitrogens is 2. The number of halogens is 5. The summed E-state index contributed by atoms with van der Waals surface area (Å²) in [5.74, 6) is 0.423. The summed E-state index contributed by atoms with van der Waals surface area (Å²) in [6.07, 6.45) is -3.95. The molecule has 31 heavy (non-hydrogen) atoms. The van der Waals surface area contributed by atoms with Crippen molar-refractivity contribution >= 4 is 40.7 Å². The van der Waals surface area contributed by atoms with Gasteiger partial charge in [-0.25, -0.2) is 4.98 Å². The molecule has 0 bridgehead atoms. The Bertz CT molecular complexity index is 1060. The Morgan fingerprint density at radius 1 is 1.03 bits per heavy atom. The number of rotatable bonds is 7. The highest BCUT2D eigenvalue weighted by Crippen LogP contribution is 2.31. The predicted molar refractivity (Wildman–Crippen MR) is 117 cm³/mol. The zero-order chi connectivity index (χ0) is 22.6. The van der Waals surface area contributed by atoms with Crippen molar-refractivity contribution < 1.29 is 17.9 Å². The molecule has 1 atom stereocenters. The van der Waals surface area contributed by atoms with Crippen LogP contribution in [0.1, 0.15) is 20.3 Å². The van der Waals surface area contributed by atoms with Crippen molar-refractivity contribution in [1.82, 2.24) is 9.97 Å². The predicted octanol–water partition coefficient (Wildman–Crippen LogP) is 7.30. The summed E-state index contributed by atoms with van der Waals surface area (Å²) in [6, 6.07) is 12.3. The molecular formula is C21H19Cl2F3N4O. The quantitative estimate of drug-likeness (QED) is 0.379. The van der Waals surface area contributed by atoms with Crippen LogP contribution in [0.2, 0.25) is 10.0 Å². The molecule has 0 aliphatic carbocycles. The summed E-state index contributed by atoms with van der Waals surface area (Å²) in [5, 5.41) is 7.09. The number of hydrogen-bond acceptors (Lipinski definition) is 5. The van der Waals surface area contributed by atoms with Gasteiger partial charge in [0.1, 0.15) is 11.6 Å². The molecule has 1 aromatic heterocycles. The average molecular weight is 471 g/mol. The fourth-order valence-electron chi connectivity index (χ4n) is 2.62. The molecule has 0 spiro atoms. The van der Waals surface area contributed by atoms with E-state index in [1.165, 1.54) is 18.2 Å². The molecule has 10 heteroatoms. The molecular weight excluding hydrogens is 452 g/mol. The van der Waals surface area contributed by atoms with Crippen molar-refractivity contribution in [3.63, 3.8) is 0 Å². The van der Waals surface area contributed by atoms with E-state index in [0.717, 1.165) is 6.42 Å². The van der Waals surface area contributed by atoms with E-state index in [4.69, 9.17) is 23.2 Å². The van der Waals surface area contributed by atoms with Gasteiger partial charge in [-0.1, -0.05) is 42.3 Å². The SMILES string of the molecule is CC[C@@H](C)Nc1nc(Nc2ccc(Cl)c(Cl)c2)cc(-c2cccc(OC(F)(F)F)c2)n1. The number of ether oxygens (including phenoxy) is 1. The second-order valence-corrected chi connectivity index (χ2v) is 7.56. The van der Waals surface area contributed by atoms with Gasteiger partial charge in [-0.15, -0.1) is 13.2 Å². The van der Waals surface area contributed by atoms with Gasteiger partial charge in [0, 0.05) is 23.4 Å². The number of nitrogens with one attached hydrogen (secondary N) is 2. The van der Waals surface area contributed by atoms with Crippen LogP contribution in [-0.4, -0.2) is 22.4 Å². The zero-order valence-electron chi connectivity index (χ0n) is 16.6. The molecule has 0 fully saturated rings. The molecule has 0 unspecified atom stereocenters. The average Bonchev–Trinajstić information content (AvgIpc) is 2.69.